The van der Waals surface area contributed by atoms with Gasteiger partial charge in [0.2, 0.25) is 12.3 Å². The fraction of sp³-hybridized carbons (Fsp3) is 0.333. The Labute approximate surface area is 120 Å². The molecule has 0 saturated heterocycles. The molecule has 0 spiro atoms. The van der Waals surface area contributed by atoms with Crippen LogP contribution in [0.3, 0.4) is 0 Å². The van der Waals surface area contributed by atoms with Gasteiger partial charge in [0, 0.05) is 17.7 Å². The summed E-state index contributed by atoms with van der Waals surface area (Å²) < 4.78 is 1.97. The standard InChI is InChI=1S/C18H20NO/c20-18(17-8-2-1-3-9-17)14-19-12-10-16(11-13-19)15-6-4-5-7-15/h1-3,8-13,15H,4-7,14H2/q+1. The zero-order valence-electron chi connectivity index (χ0n) is 11.7. The molecule has 2 heteroatoms. The molecule has 1 aliphatic rings. The van der Waals surface area contributed by atoms with E-state index in [1.54, 1.807) is 0 Å². The third kappa shape index (κ3) is 2.96. The SMILES string of the molecule is O=C(C[n+]1ccc(C2CCCC2)cc1)c1ccccc1. The van der Waals surface area contributed by atoms with Crippen LogP contribution in [0.15, 0.2) is 54.9 Å². The number of benzene rings is 1. The monoisotopic (exact) mass is 266 g/mol. The molecule has 0 unspecified atom stereocenters. The van der Waals surface area contributed by atoms with E-state index in [1.165, 1.54) is 31.2 Å². The van der Waals surface area contributed by atoms with Crippen molar-refractivity contribution in [1.82, 2.24) is 0 Å². The smallest absolute Gasteiger partial charge is 0.227 e. The molecule has 1 saturated carbocycles. The van der Waals surface area contributed by atoms with Crippen molar-refractivity contribution in [1.29, 1.82) is 0 Å². The minimum absolute atomic E-state index is 0.157. The van der Waals surface area contributed by atoms with Crippen LogP contribution >= 0.6 is 0 Å². The van der Waals surface area contributed by atoms with E-state index in [-0.39, 0.29) is 5.78 Å². The number of rotatable bonds is 4. The minimum Gasteiger partial charge on any atom is -0.287 e. The van der Waals surface area contributed by atoms with Crippen LogP contribution in [0.5, 0.6) is 0 Å². The highest BCUT2D eigenvalue weighted by atomic mass is 16.1. The number of carbonyl (C=O) groups excluding carboxylic acids is 1. The lowest BCUT2D eigenvalue weighted by atomic mass is 9.99. The van der Waals surface area contributed by atoms with Crippen LogP contribution < -0.4 is 4.57 Å². The lowest BCUT2D eigenvalue weighted by molar-refractivity contribution is -0.683. The Kier molecular flexibility index (Phi) is 3.91. The summed E-state index contributed by atoms with van der Waals surface area (Å²) in [6, 6.07) is 13.8. The van der Waals surface area contributed by atoms with Gasteiger partial charge in [0.1, 0.15) is 0 Å². The molecule has 1 heterocycles. The van der Waals surface area contributed by atoms with Crippen molar-refractivity contribution in [3.63, 3.8) is 0 Å². The lowest BCUT2D eigenvalue weighted by Gasteiger charge is -2.07. The zero-order valence-corrected chi connectivity index (χ0v) is 11.7. The van der Waals surface area contributed by atoms with Gasteiger partial charge in [-0.15, -0.1) is 0 Å². The molecule has 0 N–H and O–H groups in total. The third-order valence-corrected chi connectivity index (χ3v) is 4.17. The van der Waals surface area contributed by atoms with Crippen LogP contribution in [0.25, 0.3) is 0 Å². The van der Waals surface area contributed by atoms with E-state index >= 15 is 0 Å². The van der Waals surface area contributed by atoms with E-state index in [1.807, 2.05) is 47.3 Å². The van der Waals surface area contributed by atoms with E-state index in [9.17, 15) is 4.79 Å². The van der Waals surface area contributed by atoms with Crippen molar-refractivity contribution in [3.8, 4) is 0 Å². The molecule has 0 bridgehead atoms. The summed E-state index contributed by atoms with van der Waals surface area (Å²) in [5.74, 6) is 0.888. The maximum Gasteiger partial charge on any atom is 0.227 e. The van der Waals surface area contributed by atoms with E-state index in [4.69, 9.17) is 0 Å². The summed E-state index contributed by atoms with van der Waals surface area (Å²) in [5.41, 5.74) is 2.20. The number of hydrogen-bond donors (Lipinski definition) is 0. The number of ketones is 1. The van der Waals surface area contributed by atoms with Gasteiger partial charge < -0.3 is 0 Å². The maximum absolute atomic E-state index is 12.1. The van der Waals surface area contributed by atoms with Crippen LogP contribution in [0, 0.1) is 0 Å². The van der Waals surface area contributed by atoms with Crippen molar-refractivity contribution < 1.29 is 9.36 Å². The summed E-state index contributed by atoms with van der Waals surface area (Å²) in [6.45, 7) is 0.412. The first kappa shape index (κ1) is 13.0. The number of Topliss-reactive ketones (excluding diaryl/α,β-unsaturated/α-hetero) is 1. The van der Waals surface area contributed by atoms with E-state index in [0.717, 1.165) is 11.5 Å². The van der Waals surface area contributed by atoms with Gasteiger partial charge in [-0.05, 0) is 24.3 Å². The molecule has 1 aliphatic carbocycles. The van der Waals surface area contributed by atoms with E-state index < -0.39 is 0 Å². The average Bonchev–Trinajstić information content (AvgIpc) is 3.03. The Morgan fingerprint density at radius 1 is 1.00 bits per heavy atom. The Balaban J connectivity index is 1.67. The van der Waals surface area contributed by atoms with Gasteiger partial charge in [0.05, 0.1) is 0 Å². The number of hydrogen-bond acceptors (Lipinski definition) is 1. The summed E-state index contributed by atoms with van der Waals surface area (Å²) in [7, 11) is 0. The van der Waals surface area contributed by atoms with E-state index in [0.29, 0.717) is 6.54 Å². The van der Waals surface area contributed by atoms with Gasteiger partial charge in [0.15, 0.2) is 12.4 Å². The first-order chi connectivity index (χ1) is 9.83. The van der Waals surface area contributed by atoms with Gasteiger partial charge in [-0.2, -0.15) is 4.57 Å². The van der Waals surface area contributed by atoms with Gasteiger partial charge in [-0.3, -0.25) is 4.79 Å². The predicted octanol–water partition coefficient (Wildman–Crippen LogP) is 3.51. The molecule has 0 amide bonds. The number of carbonyl (C=O) groups is 1. The highest BCUT2D eigenvalue weighted by molar-refractivity contribution is 5.94. The van der Waals surface area contributed by atoms with Crippen molar-refractivity contribution in [2.24, 2.45) is 0 Å². The van der Waals surface area contributed by atoms with E-state index in [2.05, 4.69) is 12.1 Å². The normalized spacial score (nSPS) is 15.4. The van der Waals surface area contributed by atoms with Crippen LogP contribution in [0.4, 0.5) is 0 Å². The largest absolute Gasteiger partial charge is 0.287 e. The maximum atomic E-state index is 12.1. The molecule has 0 radical (unpaired) electrons. The molecule has 102 valence electrons. The van der Waals surface area contributed by atoms with Crippen molar-refractivity contribution in [2.45, 2.75) is 38.1 Å². The van der Waals surface area contributed by atoms with Gasteiger partial charge >= 0.3 is 0 Å². The Morgan fingerprint density at radius 2 is 1.65 bits per heavy atom. The first-order valence-corrected chi connectivity index (χ1v) is 7.40. The Hall–Kier alpha value is -1.96. The second-order valence-electron chi connectivity index (χ2n) is 5.57. The van der Waals surface area contributed by atoms with Crippen molar-refractivity contribution >= 4 is 5.78 Å². The van der Waals surface area contributed by atoms with Crippen LogP contribution in [-0.4, -0.2) is 5.78 Å². The highest BCUT2D eigenvalue weighted by Gasteiger charge is 2.18. The topological polar surface area (TPSA) is 20.9 Å². The number of pyridine rings is 1. The third-order valence-electron chi connectivity index (χ3n) is 4.17. The molecule has 2 aromatic rings. The Morgan fingerprint density at radius 3 is 2.30 bits per heavy atom. The van der Waals surface area contributed by atoms with Gasteiger partial charge in [0.25, 0.3) is 0 Å². The van der Waals surface area contributed by atoms with Crippen molar-refractivity contribution in [3.05, 3.63) is 66.0 Å². The molecule has 0 aliphatic heterocycles. The summed E-state index contributed by atoms with van der Waals surface area (Å²) in [6.07, 6.45) is 9.40. The molecule has 1 fully saturated rings. The van der Waals surface area contributed by atoms with Crippen LogP contribution in [0.1, 0.15) is 47.5 Å². The molecule has 20 heavy (non-hydrogen) atoms. The fourth-order valence-electron chi connectivity index (χ4n) is 2.99. The number of aromatic nitrogens is 1. The summed E-state index contributed by atoms with van der Waals surface area (Å²) >= 11 is 0. The second-order valence-corrected chi connectivity index (χ2v) is 5.57. The highest BCUT2D eigenvalue weighted by Crippen LogP contribution is 2.33. The first-order valence-electron chi connectivity index (χ1n) is 7.40. The number of nitrogens with zero attached hydrogens (tertiary/aromatic N) is 1. The van der Waals surface area contributed by atoms with Gasteiger partial charge in [-0.25, -0.2) is 0 Å². The summed E-state index contributed by atoms with van der Waals surface area (Å²) in [4.78, 5) is 12.1. The molecule has 0 atom stereocenters. The Bertz CT molecular complexity index is 568. The van der Waals surface area contributed by atoms with Gasteiger partial charge in [-0.1, -0.05) is 43.2 Å². The fourth-order valence-corrected chi connectivity index (χ4v) is 2.99. The molecule has 2 nitrogen and oxygen atoms in total. The minimum atomic E-state index is 0.157. The average molecular weight is 266 g/mol. The molecular weight excluding hydrogens is 246 g/mol. The molecule has 1 aromatic heterocycles. The second kappa shape index (κ2) is 6.00. The van der Waals surface area contributed by atoms with Crippen LogP contribution in [0.2, 0.25) is 0 Å². The summed E-state index contributed by atoms with van der Waals surface area (Å²) in [5, 5.41) is 0. The van der Waals surface area contributed by atoms with Crippen molar-refractivity contribution in [2.75, 3.05) is 0 Å². The predicted molar refractivity (Wildman–Crippen MR) is 78.6 cm³/mol. The lowest BCUT2D eigenvalue weighted by Crippen LogP contribution is -2.37. The van der Waals surface area contributed by atoms with Crippen LogP contribution in [-0.2, 0) is 6.54 Å². The zero-order chi connectivity index (χ0) is 13.8. The quantitative estimate of drug-likeness (QED) is 0.613. The molecule has 3 rings (SSSR count). The molecule has 1 aromatic carbocycles. The molecular formula is C18H20NO+.